The van der Waals surface area contributed by atoms with Crippen LogP contribution in [0.3, 0.4) is 0 Å². The highest BCUT2D eigenvalue weighted by Gasteiger charge is 2.55. The van der Waals surface area contributed by atoms with Crippen LogP contribution in [0, 0.1) is 52.8 Å². The number of rotatable bonds is 7. The summed E-state index contributed by atoms with van der Waals surface area (Å²) in [4.78, 5) is 0. The van der Waals surface area contributed by atoms with Crippen molar-refractivity contribution < 1.29 is 4.74 Å². The fraction of sp³-hybridized carbons (Fsp3) is 0.750. The Morgan fingerprint density at radius 2 is 1.77 bits per heavy atom. The Kier molecular flexibility index (Phi) is 7.16. The number of allylic oxidation sites excluding steroid dienone is 2. The van der Waals surface area contributed by atoms with Crippen LogP contribution >= 0.6 is 0 Å². The molecule has 3 nitrogen and oxygen atoms in total. The third-order valence-corrected chi connectivity index (χ3v) is 11.0. The standard InChI is InChI=1S/C32H50N2O/c1-20(2)6-5-7-21(3)25-11-12-27-26(25)13-14-29-28(27)10-8-22-18-24(16-17-32(22,29)4)35-31-15-9-23(33)19-30(31)34/h8-10,15,19-22,24-29H,5-7,11-14,16-18,33-34H2,1-4H3. The minimum Gasteiger partial charge on any atom is -0.488 e. The summed E-state index contributed by atoms with van der Waals surface area (Å²) < 4.78 is 6.41. The van der Waals surface area contributed by atoms with Gasteiger partial charge in [-0.25, -0.2) is 0 Å². The van der Waals surface area contributed by atoms with Gasteiger partial charge in [-0.15, -0.1) is 0 Å². The number of fused-ring (bicyclic) bond motifs is 5. The first-order valence-corrected chi connectivity index (χ1v) is 14.8. The van der Waals surface area contributed by atoms with Crippen molar-refractivity contribution in [2.75, 3.05) is 11.5 Å². The molecule has 0 aromatic heterocycles. The molecule has 0 heterocycles. The Labute approximate surface area is 214 Å². The van der Waals surface area contributed by atoms with Gasteiger partial charge in [0.1, 0.15) is 5.75 Å². The number of anilines is 2. The van der Waals surface area contributed by atoms with Gasteiger partial charge in [0, 0.05) is 5.69 Å². The zero-order valence-electron chi connectivity index (χ0n) is 22.7. The Morgan fingerprint density at radius 1 is 0.971 bits per heavy atom. The molecule has 4 N–H and O–H groups in total. The van der Waals surface area contributed by atoms with E-state index in [0.29, 0.717) is 22.7 Å². The monoisotopic (exact) mass is 478 g/mol. The smallest absolute Gasteiger partial charge is 0.142 e. The maximum absolute atomic E-state index is 6.41. The van der Waals surface area contributed by atoms with Crippen molar-refractivity contribution >= 4 is 11.4 Å². The molecule has 0 aliphatic heterocycles. The minimum atomic E-state index is 0.249. The van der Waals surface area contributed by atoms with E-state index in [1.807, 2.05) is 18.2 Å². The molecule has 1 aromatic carbocycles. The predicted molar refractivity (Wildman–Crippen MR) is 148 cm³/mol. The molecular weight excluding hydrogens is 428 g/mol. The van der Waals surface area contributed by atoms with Gasteiger partial charge in [0.05, 0.1) is 11.8 Å². The molecule has 35 heavy (non-hydrogen) atoms. The molecule has 3 heteroatoms. The fourth-order valence-corrected chi connectivity index (χ4v) is 9.02. The molecule has 9 unspecified atom stereocenters. The minimum absolute atomic E-state index is 0.249. The number of nitrogen functional groups attached to an aromatic ring is 2. The van der Waals surface area contributed by atoms with E-state index in [2.05, 4.69) is 39.8 Å². The van der Waals surface area contributed by atoms with Gasteiger partial charge in [-0.3, -0.25) is 0 Å². The number of ether oxygens (including phenoxy) is 1. The summed E-state index contributed by atoms with van der Waals surface area (Å²) in [5.41, 5.74) is 13.8. The average Bonchev–Trinajstić information content (AvgIpc) is 3.25. The third kappa shape index (κ3) is 4.86. The van der Waals surface area contributed by atoms with E-state index in [1.165, 1.54) is 51.4 Å². The van der Waals surface area contributed by atoms with Crippen LogP contribution in [0.15, 0.2) is 30.4 Å². The summed E-state index contributed by atoms with van der Waals surface area (Å²) in [6.45, 7) is 9.93. The summed E-state index contributed by atoms with van der Waals surface area (Å²) in [7, 11) is 0. The third-order valence-electron chi connectivity index (χ3n) is 11.0. The summed E-state index contributed by atoms with van der Waals surface area (Å²) in [6, 6.07) is 5.64. The van der Waals surface area contributed by atoms with Crippen molar-refractivity contribution in [3.63, 3.8) is 0 Å². The van der Waals surface area contributed by atoms with E-state index < -0.39 is 0 Å². The van der Waals surface area contributed by atoms with E-state index in [9.17, 15) is 0 Å². The normalized spacial score (nSPS) is 39.1. The van der Waals surface area contributed by atoms with Gasteiger partial charge in [0.2, 0.25) is 0 Å². The first-order chi connectivity index (χ1) is 16.8. The number of hydrogen-bond acceptors (Lipinski definition) is 3. The van der Waals surface area contributed by atoms with E-state index in [4.69, 9.17) is 16.2 Å². The second-order valence-electron chi connectivity index (χ2n) is 13.4. The lowest BCUT2D eigenvalue weighted by atomic mass is 9.49. The average molecular weight is 479 g/mol. The van der Waals surface area contributed by atoms with Crippen molar-refractivity contribution in [1.82, 2.24) is 0 Å². The molecule has 0 spiro atoms. The van der Waals surface area contributed by atoms with Gasteiger partial charge in [-0.2, -0.15) is 0 Å². The largest absolute Gasteiger partial charge is 0.488 e. The molecule has 0 bridgehead atoms. The highest BCUT2D eigenvalue weighted by Crippen LogP contribution is 2.62. The first-order valence-electron chi connectivity index (χ1n) is 14.8. The highest BCUT2D eigenvalue weighted by molar-refractivity contribution is 5.60. The molecule has 3 saturated carbocycles. The quantitative estimate of drug-likeness (QED) is 0.307. The molecular formula is C32H50N2O. The second-order valence-corrected chi connectivity index (χ2v) is 13.4. The molecule has 0 saturated heterocycles. The van der Waals surface area contributed by atoms with Crippen molar-refractivity contribution in [3.8, 4) is 5.75 Å². The van der Waals surface area contributed by atoms with Crippen LogP contribution in [0.4, 0.5) is 11.4 Å². The lowest BCUT2D eigenvalue weighted by Gasteiger charge is -2.56. The van der Waals surface area contributed by atoms with Crippen LogP contribution in [-0.2, 0) is 0 Å². The molecule has 0 amide bonds. The molecule has 9 atom stereocenters. The summed E-state index contributed by atoms with van der Waals surface area (Å²) in [5, 5.41) is 0. The van der Waals surface area contributed by atoms with Gasteiger partial charge in [-0.1, -0.05) is 59.1 Å². The van der Waals surface area contributed by atoms with Crippen LogP contribution in [-0.4, -0.2) is 6.10 Å². The van der Waals surface area contributed by atoms with Crippen molar-refractivity contribution in [3.05, 3.63) is 30.4 Å². The van der Waals surface area contributed by atoms with Crippen molar-refractivity contribution in [2.45, 2.75) is 98.0 Å². The zero-order valence-corrected chi connectivity index (χ0v) is 22.7. The number of nitrogens with two attached hydrogens (primary N) is 2. The Bertz CT molecular complexity index is 909. The summed E-state index contributed by atoms with van der Waals surface area (Å²) in [5.74, 6) is 7.73. The zero-order chi connectivity index (χ0) is 24.7. The van der Waals surface area contributed by atoms with E-state index in [0.717, 1.165) is 60.0 Å². The van der Waals surface area contributed by atoms with Gasteiger partial charge in [0.15, 0.2) is 0 Å². The SMILES string of the molecule is CC(C)CCCC(C)C1CCC2C3C=CC4CC(Oc5ccc(N)cc5N)CCC4(C)C3CCC12. The fourth-order valence-electron chi connectivity index (χ4n) is 9.02. The van der Waals surface area contributed by atoms with E-state index >= 15 is 0 Å². The number of hydrogen-bond donors (Lipinski definition) is 2. The van der Waals surface area contributed by atoms with Crippen molar-refractivity contribution in [1.29, 1.82) is 0 Å². The van der Waals surface area contributed by atoms with E-state index in [1.54, 1.807) is 0 Å². The molecule has 194 valence electrons. The van der Waals surface area contributed by atoms with Crippen molar-refractivity contribution in [2.24, 2.45) is 52.8 Å². The van der Waals surface area contributed by atoms with Gasteiger partial charge < -0.3 is 16.2 Å². The highest BCUT2D eigenvalue weighted by atomic mass is 16.5. The summed E-state index contributed by atoms with van der Waals surface area (Å²) in [6.07, 6.45) is 19.2. The molecule has 3 fully saturated rings. The predicted octanol–water partition coefficient (Wildman–Crippen LogP) is 8.11. The molecule has 5 rings (SSSR count). The van der Waals surface area contributed by atoms with Gasteiger partial charge >= 0.3 is 0 Å². The molecule has 4 aliphatic carbocycles. The second kappa shape index (κ2) is 10.0. The molecule has 1 aromatic rings. The molecule has 0 radical (unpaired) electrons. The molecule has 4 aliphatic rings. The first kappa shape index (κ1) is 25.0. The van der Waals surface area contributed by atoms with Crippen LogP contribution in [0.5, 0.6) is 5.75 Å². The number of benzene rings is 1. The Morgan fingerprint density at radius 3 is 2.54 bits per heavy atom. The topological polar surface area (TPSA) is 61.3 Å². The maximum Gasteiger partial charge on any atom is 0.142 e. The van der Waals surface area contributed by atoms with Crippen LogP contribution in [0.2, 0.25) is 0 Å². The lowest BCUT2D eigenvalue weighted by Crippen LogP contribution is -2.50. The Balaban J connectivity index is 1.24. The Hall–Kier alpha value is -1.64. The van der Waals surface area contributed by atoms with Crippen LogP contribution in [0.25, 0.3) is 0 Å². The van der Waals surface area contributed by atoms with E-state index in [-0.39, 0.29) is 6.10 Å². The van der Waals surface area contributed by atoms with Gasteiger partial charge in [0.25, 0.3) is 0 Å². The van der Waals surface area contributed by atoms with Crippen LogP contribution in [0.1, 0.15) is 91.9 Å². The maximum atomic E-state index is 6.41. The van der Waals surface area contributed by atoms with Gasteiger partial charge in [-0.05, 0) is 116 Å². The summed E-state index contributed by atoms with van der Waals surface area (Å²) >= 11 is 0. The van der Waals surface area contributed by atoms with Crippen LogP contribution < -0.4 is 16.2 Å². The lowest BCUT2D eigenvalue weighted by molar-refractivity contribution is -0.0522.